The third kappa shape index (κ3) is 21.5. The molecule has 0 aromatic rings. The first kappa shape index (κ1) is 57.9. The Morgan fingerprint density at radius 3 is 1.93 bits per heavy atom. The minimum absolute atomic E-state index is 0.00870. The van der Waals surface area contributed by atoms with Crippen molar-refractivity contribution in [1.82, 2.24) is 26.2 Å². The van der Waals surface area contributed by atoms with Crippen LogP contribution in [0.25, 0.3) is 0 Å². The van der Waals surface area contributed by atoms with Gasteiger partial charge in [0, 0.05) is 82.7 Å². The first-order valence-electron chi connectivity index (χ1n) is 23.6. The van der Waals surface area contributed by atoms with Crippen molar-refractivity contribution in [3.63, 3.8) is 0 Å². The van der Waals surface area contributed by atoms with Crippen LogP contribution in [-0.2, 0) is 57.5 Å². The lowest BCUT2D eigenvalue weighted by atomic mass is 9.88. The van der Waals surface area contributed by atoms with Crippen LogP contribution in [0, 0.1) is 29.6 Å². The number of primary amides is 1. The zero-order chi connectivity index (χ0) is 50.5. The number of hydrogen-bond acceptors (Lipinski definition) is 14. The van der Waals surface area contributed by atoms with Gasteiger partial charge in [-0.15, -0.1) is 0 Å². The summed E-state index contributed by atoms with van der Waals surface area (Å²) >= 11 is 0. The van der Waals surface area contributed by atoms with E-state index in [1.165, 1.54) is 18.7 Å². The standard InChI is InChI=1S/C47H74N6O14/c1-26(2)18-31(46(65)51-29(6)38(57)13-16-44(63)53-17-7-8-37(53)41(60)21-30(47(66)67)10-9-28(5)54)20-33(55)25-50-45(64)32(19-27(3)4)22-40(59)35(11-14-42(48)61)52-43(62)15-12-39(58)36-23-34(56)24-49-36/h26-27,29-32,34-37,49,56H,7-25H2,1-6H3,(H2,48,61)(H,50,64)(H,51,65)(H,52,62)(H,66,67)/t29-,30+,31+,32+,34+,35-,36-,37-/m0/s1. The van der Waals surface area contributed by atoms with Gasteiger partial charge in [0.1, 0.15) is 11.6 Å². The fourth-order valence-corrected chi connectivity index (χ4v) is 8.48. The summed E-state index contributed by atoms with van der Waals surface area (Å²) in [5.41, 5.74) is 5.32. The summed E-state index contributed by atoms with van der Waals surface area (Å²) in [5, 5.41) is 29.9. The lowest BCUT2D eigenvalue weighted by molar-refractivity contribution is -0.145. The summed E-state index contributed by atoms with van der Waals surface area (Å²) < 4.78 is 0. The van der Waals surface area contributed by atoms with E-state index in [1.54, 1.807) is 0 Å². The number of aliphatic hydroxyl groups excluding tert-OH is 1. The van der Waals surface area contributed by atoms with Gasteiger partial charge in [0.2, 0.25) is 29.5 Å². The molecule has 8 N–H and O–H groups in total. The number of nitrogens with two attached hydrogens (primary N) is 1. The number of carboxylic acid groups (broad SMARTS) is 1. The van der Waals surface area contributed by atoms with Crippen LogP contribution in [0.4, 0.5) is 0 Å². The summed E-state index contributed by atoms with van der Waals surface area (Å²) in [6.07, 6.45) is -1.23. The lowest BCUT2D eigenvalue weighted by Crippen LogP contribution is -2.45. The minimum Gasteiger partial charge on any atom is -0.481 e. The van der Waals surface area contributed by atoms with Gasteiger partial charge in [0.25, 0.3) is 0 Å². The molecule has 5 amide bonds. The Morgan fingerprint density at radius 2 is 1.36 bits per heavy atom. The number of carbonyl (C=O) groups is 12. The minimum atomic E-state index is -1.20. The molecule has 8 atom stereocenters. The summed E-state index contributed by atoms with van der Waals surface area (Å²) in [7, 11) is 0. The highest BCUT2D eigenvalue weighted by Crippen LogP contribution is 2.25. The molecule has 67 heavy (non-hydrogen) atoms. The van der Waals surface area contributed by atoms with Crippen LogP contribution in [0.15, 0.2) is 0 Å². The number of nitrogens with zero attached hydrogens (tertiary/aromatic N) is 1. The summed E-state index contributed by atoms with van der Waals surface area (Å²) in [4.78, 5) is 155. The van der Waals surface area contributed by atoms with Crippen LogP contribution >= 0.6 is 0 Å². The second-order valence-electron chi connectivity index (χ2n) is 19.1. The summed E-state index contributed by atoms with van der Waals surface area (Å²) in [6, 6.07) is -3.63. The normalized spacial score (nSPS) is 19.2. The third-order valence-corrected chi connectivity index (χ3v) is 12.1. The second kappa shape index (κ2) is 28.8. The van der Waals surface area contributed by atoms with E-state index in [1.807, 2.05) is 27.7 Å². The van der Waals surface area contributed by atoms with E-state index in [4.69, 9.17) is 5.73 Å². The van der Waals surface area contributed by atoms with E-state index in [-0.39, 0.29) is 126 Å². The van der Waals surface area contributed by atoms with Crippen molar-refractivity contribution >= 4 is 70.2 Å². The monoisotopic (exact) mass is 947 g/mol. The fraction of sp³-hybridized carbons (Fsp3) is 0.745. The molecule has 0 radical (unpaired) electrons. The predicted molar refractivity (Wildman–Crippen MR) is 242 cm³/mol. The highest BCUT2D eigenvalue weighted by molar-refractivity contribution is 5.97. The first-order chi connectivity index (χ1) is 31.4. The maximum absolute atomic E-state index is 13.6. The molecule has 2 aliphatic rings. The Balaban J connectivity index is 1.98. The Labute approximate surface area is 392 Å². The SMILES string of the molecule is CC(=O)CC[C@H](CC(=O)[C@@H]1CCCN1C(=O)CCC(=O)[C@H](C)NC(=O)[C@@H](CC(=O)CNC(=O)[C@@H](CC(=O)[C@H](CCC(N)=O)NC(=O)CCC(=O)[C@@H]1C[C@@H](O)CN1)CC(C)C)CC(C)C)C(=O)O. The molecular formula is C47H74N6O14. The molecule has 2 saturated heterocycles. The number of carbonyl (C=O) groups excluding carboxylic acids is 11. The van der Waals surface area contributed by atoms with Gasteiger partial charge in [0.15, 0.2) is 23.1 Å². The van der Waals surface area contributed by atoms with Crippen molar-refractivity contribution in [2.24, 2.45) is 35.3 Å². The van der Waals surface area contributed by atoms with Crippen LogP contribution in [0.2, 0.25) is 0 Å². The van der Waals surface area contributed by atoms with E-state index in [0.29, 0.717) is 12.8 Å². The van der Waals surface area contributed by atoms with E-state index in [0.717, 1.165) is 0 Å². The number of rotatable bonds is 33. The topological polar surface area (TPSA) is 323 Å². The van der Waals surface area contributed by atoms with E-state index in [9.17, 15) is 67.7 Å². The molecule has 20 nitrogen and oxygen atoms in total. The zero-order valence-corrected chi connectivity index (χ0v) is 40.0. The second-order valence-corrected chi connectivity index (χ2v) is 19.1. The van der Waals surface area contributed by atoms with E-state index in [2.05, 4.69) is 21.3 Å². The lowest BCUT2D eigenvalue weighted by Gasteiger charge is -2.25. The van der Waals surface area contributed by atoms with Gasteiger partial charge in [-0.1, -0.05) is 27.7 Å². The van der Waals surface area contributed by atoms with Crippen LogP contribution < -0.4 is 27.0 Å². The molecule has 0 aromatic carbocycles. The molecule has 376 valence electrons. The van der Waals surface area contributed by atoms with Crippen molar-refractivity contribution in [2.45, 2.75) is 175 Å². The van der Waals surface area contributed by atoms with Gasteiger partial charge in [-0.25, -0.2) is 0 Å². The summed E-state index contributed by atoms with van der Waals surface area (Å²) in [6.45, 7) is 10.2. The van der Waals surface area contributed by atoms with Crippen molar-refractivity contribution in [3.05, 3.63) is 0 Å². The van der Waals surface area contributed by atoms with Crippen molar-refractivity contribution in [1.29, 1.82) is 0 Å². The highest BCUT2D eigenvalue weighted by atomic mass is 16.4. The van der Waals surface area contributed by atoms with Gasteiger partial charge >= 0.3 is 5.97 Å². The molecule has 0 saturated carbocycles. The molecule has 0 unspecified atom stereocenters. The number of likely N-dealkylation sites (tertiary alicyclic amines) is 1. The number of nitrogens with one attached hydrogen (secondary N) is 4. The van der Waals surface area contributed by atoms with Crippen molar-refractivity contribution in [3.8, 4) is 0 Å². The molecule has 0 spiro atoms. The Morgan fingerprint density at radius 1 is 0.716 bits per heavy atom. The number of carboxylic acids is 1. The van der Waals surface area contributed by atoms with Gasteiger partial charge < -0.3 is 46.9 Å². The largest absolute Gasteiger partial charge is 0.481 e. The molecule has 2 rings (SSSR count). The number of β-amino-alcohol motifs (C(OH)–C–C–N with tert-alkyl or cyclic N) is 1. The molecule has 20 heteroatoms. The smallest absolute Gasteiger partial charge is 0.306 e. The number of hydrogen-bond donors (Lipinski definition) is 7. The van der Waals surface area contributed by atoms with Crippen molar-refractivity contribution in [2.75, 3.05) is 19.6 Å². The van der Waals surface area contributed by atoms with Gasteiger partial charge in [-0.2, -0.15) is 0 Å². The molecule has 2 aliphatic heterocycles. The summed E-state index contributed by atoms with van der Waals surface area (Å²) in [5.74, 6) is -9.50. The predicted octanol–water partition coefficient (Wildman–Crippen LogP) is 1.04. The number of aliphatic carboxylic acids is 1. The highest BCUT2D eigenvalue weighted by Gasteiger charge is 2.37. The van der Waals surface area contributed by atoms with Crippen LogP contribution in [0.1, 0.15) is 144 Å². The van der Waals surface area contributed by atoms with Crippen LogP contribution in [-0.4, -0.2) is 135 Å². The number of ketones is 6. The first-order valence-corrected chi connectivity index (χ1v) is 23.6. The third-order valence-electron chi connectivity index (χ3n) is 12.1. The van der Waals surface area contributed by atoms with Gasteiger partial charge in [-0.3, -0.25) is 52.7 Å². The van der Waals surface area contributed by atoms with Crippen molar-refractivity contribution < 1.29 is 67.7 Å². The Bertz CT molecular complexity index is 1820. The molecular weight excluding hydrogens is 873 g/mol. The van der Waals surface area contributed by atoms with Gasteiger partial charge in [0.05, 0.1) is 42.7 Å². The zero-order valence-electron chi connectivity index (χ0n) is 40.0. The van der Waals surface area contributed by atoms with Gasteiger partial charge in [-0.05, 0) is 70.6 Å². The molecule has 0 aromatic heterocycles. The van der Waals surface area contributed by atoms with E-state index < -0.39 is 113 Å². The molecule has 0 bridgehead atoms. The number of amides is 5. The van der Waals surface area contributed by atoms with Crippen LogP contribution in [0.5, 0.6) is 0 Å². The quantitative estimate of drug-likeness (QED) is 0.0484. The maximum Gasteiger partial charge on any atom is 0.306 e. The average molecular weight is 947 g/mol. The molecule has 2 fully saturated rings. The molecule has 0 aliphatic carbocycles. The average Bonchev–Trinajstić information content (AvgIpc) is 3.92. The van der Waals surface area contributed by atoms with E-state index >= 15 is 0 Å². The fourth-order valence-electron chi connectivity index (χ4n) is 8.48. The van der Waals surface area contributed by atoms with Crippen LogP contribution in [0.3, 0.4) is 0 Å². The molecule has 2 heterocycles. The number of Topliss-reactive ketones (excluding diaryl/α,β-unsaturated/α-hetero) is 6. The Hall–Kier alpha value is -5.24. The Kier molecular flexibility index (Phi) is 24.9. The number of aliphatic hydroxyl groups is 1. The maximum atomic E-state index is 13.6.